The van der Waals surface area contributed by atoms with Crippen LogP contribution in [0.1, 0.15) is 19.8 Å². The molecule has 0 aliphatic heterocycles. The molecule has 10 heteroatoms. The van der Waals surface area contributed by atoms with Crippen molar-refractivity contribution < 1.29 is 24.4 Å². The number of hydrogen-bond donors (Lipinski definition) is 2. The fourth-order valence-electron chi connectivity index (χ4n) is 2.16. The molecule has 9 nitrogen and oxygen atoms in total. The summed E-state index contributed by atoms with van der Waals surface area (Å²) >= 11 is 0. The second kappa shape index (κ2) is 11.2. The van der Waals surface area contributed by atoms with Crippen LogP contribution in [-0.4, -0.2) is 53.6 Å². The van der Waals surface area contributed by atoms with E-state index in [1.54, 1.807) is 4.90 Å². The molecule has 0 aliphatic carbocycles. The molecule has 0 spiro atoms. The Balaban J connectivity index is 0.00000576. The van der Waals surface area contributed by atoms with Gasteiger partial charge in [0.15, 0.2) is 0 Å². The molecule has 1 amide bonds. The Morgan fingerprint density at radius 2 is 2.04 bits per heavy atom. The van der Waals surface area contributed by atoms with Gasteiger partial charge in [-0.1, -0.05) is 6.92 Å². The normalized spacial score (nSPS) is 10.0. The second-order valence-electron chi connectivity index (χ2n) is 5.11. The highest BCUT2D eigenvalue weighted by atomic mass is 35.5. The lowest BCUT2D eigenvalue weighted by atomic mass is 10.2. The van der Waals surface area contributed by atoms with Crippen LogP contribution in [0.25, 0.3) is 0 Å². The maximum Gasteiger partial charge on any atom is 0.317 e. The molecular formula is C15H22ClN3O6. The molecule has 1 aromatic rings. The van der Waals surface area contributed by atoms with Crippen LogP contribution in [0.4, 0.5) is 11.4 Å². The van der Waals surface area contributed by atoms with Crippen LogP contribution in [0.3, 0.4) is 0 Å². The Labute approximate surface area is 151 Å². The highest BCUT2D eigenvalue weighted by Crippen LogP contribution is 2.28. The molecule has 25 heavy (non-hydrogen) atoms. The number of ether oxygens (including phenoxy) is 1. The monoisotopic (exact) mass is 375 g/mol. The van der Waals surface area contributed by atoms with E-state index >= 15 is 0 Å². The predicted molar refractivity (Wildman–Crippen MR) is 94.5 cm³/mol. The highest BCUT2D eigenvalue weighted by molar-refractivity contribution is 5.92. The van der Waals surface area contributed by atoms with Crippen molar-refractivity contribution in [1.82, 2.24) is 4.90 Å². The first-order valence-corrected chi connectivity index (χ1v) is 7.43. The quantitative estimate of drug-likeness (QED) is 0.474. The van der Waals surface area contributed by atoms with Gasteiger partial charge in [-0.25, -0.2) is 0 Å². The van der Waals surface area contributed by atoms with Gasteiger partial charge in [0.2, 0.25) is 5.91 Å². The zero-order valence-electron chi connectivity index (χ0n) is 14.1. The number of carbonyl (C=O) groups excluding carboxylic acids is 1. The van der Waals surface area contributed by atoms with Crippen molar-refractivity contribution in [1.29, 1.82) is 0 Å². The number of anilines is 1. The van der Waals surface area contributed by atoms with E-state index in [-0.39, 0.29) is 49.2 Å². The van der Waals surface area contributed by atoms with E-state index in [4.69, 9.17) is 9.84 Å². The Bertz CT molecular complexity index is 611. The zero-order chi connectivity index (χ0) is 18.1. The summed E-state index contributed by atoms with van der Waals surface area (Å²) in [5.41, 5.74) is 0.0431. The first-order chi connectivity index (χ1) is 11.4. The number of rotatable bonds is 10. The van der Waals surface area contributed by atoms with Crippen LogP contribution in [-0.2, 0) is 9.59 Å². The molecule has 0 aromatic heterocycles. The minimum atomic E-state index is -0.954. The predicted octanol–water partition coefficient (Wildman–Crippen LogP) is 2.15. The van der Waals surface area contributed by atoms with Gasteiger partial charge in [-0.2, -0.15) is 0 Å². The molecule has 0 heterocycles. The molecule has 0 unspecified atom stereocenters. The third-order valence-corrected chi connectivity index (χ3v) is 3.22. The third kappa shape index (κ3) is 7.81. The number of nitrogens with zero attached hydrogens (tertiary/aromatic N) is 2. The van der Waals surface area contributed by atoms with Crippen LogP contribution >= 0.6 is 12.4 Å². The lowest BCUT2D eigenvalue weighted by Crippen LogP contribution is -2.33. The number of methoxy groups -OCH3 is 1. The largest absolute Gasteiger partial charge is 0.495 e. The first-order valence-electron chi connectivity index (χ1n) is 7.43. The van der Waals surface area contributed by atoms with Crippen molar-refractivity contribution in [2.75, 3.05) is 32.1 Å². The smallest absolute Gasteiger partial charge is 0.317 e. The van der Waals surface area contributed by atoms with Gasteiger partial charge in [-0.3, -0.25) is 24.6 Å². The van der Waals surface area contributed by atoms with E-state index in [0.717, 1.165) is 6.42 Å². The number of hydrogen-bond acceptors (Lipinski definition) is 6. The van der Waals surface area contributed by atoms with Gasteiger partial charge in [0.05, 0.1) is 24.3 Å². The Kier molecular flexibility index (Phi) is 10.1. The molecule has 0 radical (unpaired) electrons. The van der Waals surface area contributed by atoms with Crippen molar-refractivity contribution >= 4 is 35.7 Å². The van der Waals surface area contributed by atoms with Crippen LogP contribution in [0.5, 0.6) is 5.75 Å². The number of carboxylic acids is 1. The number of benzene rings is 1. The summed E-state index contributed by atoms with van der Waals surface area (Å²) in [7, 11) is 1.40. The lowest BCUT2D eigenvalue weighted by molar-refractivity contribution is -0.384. The number of aliphatic carboxylic acids is 1. The van der Waals surface area contributed by atoms with Crippen LogP contribution in [0.15, 0.2) is 18.2 Å². The Hall–Kier alpha value is -2.39. The van der Waals surface area contributed by atoms with E-state index < -0.39 is 10.9 Å². The first kappa shape index (κ1) is 22.6. The number of amides is 1. The zero-order valence-corrected chi connectivity index (χ0v) is 14.9. The van der Waals surface area contributed by atoms with Crippen molar-refractivity contribution in [3.05, 3.63) is 28.3 Å². The minimum Gasteiger partial charge on any atom is -0.495 e. The second-order valence-corrected chi connectivity index (χ2v) is 5.11. The number of nitro groups is 1. The van der Waals surface area contributed by atoms with Gasteiger partial charge >= 0.3 is 5.97 Å². The van der Waals surface area contributed by atoms with Gasteiger partial charge < -0.3 is 15.2 Å². The average Bonchev–Trinajstić information content (AvgIpc) is 2.52. The number of halogens is 1. The van der Waals surface area contributed by atoms with Gasteiger partial charge in [0.1, 0.15) is 5.75 Å². The maximum atomic E-state index is 12.0. The molecule has 0 atom stereocenters. The van der Waals surface area contributed by atoms with Gasteiger partial charge in [0, 0.05) is 25.1 Å². The minimum absolute atomic E-state index is 0. The van der Waals surface area contributed by atoms with E-state index in [2.05, 4.69) is 5.32 Å². The average molecular weight is 376 g/mol. The maximum absolute atomic E-state index is 12.0. The molecule has 0 bridgehead atoms. The van der Waals surface area contributed by atoms with Crippen molar-refractivity contribution in [3.63, 3.8) is 0 Å². The van der Waals surface area contributed by atoms with Crippen LogP contribution in [0.2, 0.25) is 0 Å². The Morgan fingerprint density at radius 1 is 1.36 bits per heavy atom. The molecular weight excluding hydrogens is 354 g/mol. The topological polar surface area (TPSA) is 122 Å². The van der Waals surface area contributed by atoms with Crippen LogP contribution < -0.4 is 10.1 Å². The molecule has 1 rings (SSSR count). The number of carboxylic acid groups (broad SMARTS) is 1. The highest BCUT2D eigenvalue weighted by Gasteiger charge is 2.15. The van der Waals surface area contributed by atoms with Gasteiger partial charge in [-0.05, 0) is 19.0 Å². The number of carbonyl (C=O) groups is 2. The van der Waals surface area contributed by atoms with E-state index in [9.17, 15) is 19.7 Å². The summed E-state index contributed by atoms with van der Waals surface area (Å²) in [5, 5.41) is 22.2. The molecule has 2 N–H and O–H groups in total. The van der Waals surface area contributed by atoms with E-state index in [0.29, 0.717) is 12.3 Å². The van der Waals surface area contributed by atoms with Crippen LogP contribution in [0, 0.1) is 10.1 Å². The molecule has 0 aliphatic rings. The van der Waals surface area contributed by atoms with Crippen molar-refractivity contribution in [2.24, 2.45) is 0 Å². The van der Waals surface area contributed by atoms with E-state index in [1.165, 1.54) is 25.3 Å². The standard InChI is InChI=1S/C15H21N3O6.ClH/c1-3-7-17(10-15(20)21)8-6-14(19)16-12-9-11(18(22)23)4-5-13(12)24-2;/h4-5,9H,3,6-8,10H2,1-2H3,(H,16,19)(H,20,21);1H. The lowest BCUT2D eigenvalue weighted by Gasteiger charge is -2.19. The molecule has 0 fully saturated rings. The van der Waals surface area contributed by atoms with Gasteiger partial charge in [-0.15, -0.1) is 12.4 Å². The summed E-state index contributed by atoms with van der Waals surface area (Å²) in [6.07, 6.45) is 0.840. The molecule has 140 valence electrons. The third-order valence-electron chi connectivity index (χ3n) is 3.22. The summed E-state index contributed by atoms with van der Waals surface area (Å²) < 4.78 is 5.07. The fourth-order valence-corrected chi connectivity index (χ4v) is 2.16. The number of nitro benzene ring substituents is 1. The summed E-state index contributed by atoms with van der Waals surface area (Å²) in [6.45, 7) is 2.63. The fraction of sp³-hybridized carbons (Fsp3) is 0.467. The molecule has 0 saturated carbocycles. The van der Waals surface area contributed by atoms with Gasteiger partial charge in [0.25, 0.3) is 5.69 Å². The SMILES string of the molecule is CCCN(CCC(=O)Nc1cc([N+](=O)[O-])ccc1OC)CC(=O)O.Cl. The van der Waals surface area contributed by atoms with E-state index in [1.807, 2.05) is 6.92 Å². The number of nitrogens with one attached hydrogen (secondary N) is 1. The summed E-state index contributed by atoms with van der Waals surface area (Å²) in [6, 6.07) is 3.91. The Morgan fingerprint density at radius 3 is 2.56 bits per heavy atom. The van der Waals surface area contributed by atoms with Crippen molar-refractivity contribution in [2.45, 2.75) is 19.8 Å². The molecule has 1 aromatic carbocycles. The number of non-ortho nitro benzene ring substituents is 1. The van der Waals surface area contributed by atoms with Crippen molar-refractivity contribution in [3.8, 4) is 5.75 Å². The summed E-state index contributed by atoms with van der Waals surface area (Å²) in [4.78, 5) is 34.7. The summed E-state index contributed by atoms with van der Waals surface area (Å²) in [5.74, 6) is -1.02. The molecule has 0 saturated heterocycles.